The Morgan fingerprint density at radius 3 is 2.50 bits per heavy atom. The van der Waals surface area contributed by atoms with Crippen LogP contribution in [-0.2, 0) is 14.8 Å². The summed E-state index contributed by atoms with van der Waals surface area (Å²) < 4.78 is 26.9. The third-order valence-electron chi connectivity index (χ3n) is 6.35. The first-order valence-electron chi connectivity index (χ1n) is 9.47. The van der Waals surface area contributed by atoms with Gasteiger partial charge in [-0.1, -0.05) is 24.1 Å². The molecule has 1 heterocycles. The summed E-state index contributed by atoms with van der Waals surface area (Å²) in [5.74, 6) is 2.34. The Hall–Kier alpha value is -1.11. The highest BCUT2D eigenvalue weighted by Crippen LogP contribution is 2.49. The van der Waals surface area contributed by atoms with E-state index in [-0.39, 0.29) is 10.8 Å². The van der Waals surface area contributed by atoms with E-state index in [1.165, 1.54) is 36.1 Å². The highest BCUT2D eigenvalue weighted by molar-refractivity contribution is 7.89. The first kappa shape index (κ1) is 18.3. The van der Waals surface area contributed by atoms with Crippen molar-refractivity contribution in [2.75, 3.05) is 26.2 Å². The maximum atomic E-state index is 12.7. The predicted molar refractivity (Wildman–Crippen MR) is 100 cm³/mol. The number of sulfonamides is 1. The molecule has 3 aliphatic rings. The van der Waals surface area contributed by atoms with Crippen molar-refractivity contribution in [1.82, 2.24) is 9.21 Å². The summed E-state index contributed by atoms with van der Waals surface area (Å²) in [5.41, 5.74) is 0. The lowest BCUT2D eigenvalue weighted by molar-refractivity contribution is -0.133. The van der Waals surface area contributed by atoms with Crippen molar-refractivity contribution >= 4 is 27.5 Å². The molecule has 0 N–H and O–H groups in total. The molecule has 0 unspecified atom stereocenters. The van der Waals surface area contributed by atoms with E-state index in [0.717, 1.165) is 11.8 Å². The van der Waals surface area contributed by atoms with E-state index in [1.54, 1.807) is 18.2 Å². The average molecular weight is 397 g/mol. The minimum Gasteiger partial charge on any atom is -0.340 e. The fourth-order valence-electron chi connectivity index (χ4n) is 4.93. The predicted octanol–water partition coefficient (Wildman–Crippen LogP) is 3.00. The molecule has 1 aromatic rings. The number of piperazine rings is 1. The number of fused-ring (bicyclic) bond motifs is 2. The van der Waals surface area contributed by atoms with Crippen LogP contribution < -0.4 is 0 Å². The Kier molecular flexibility index (Phi) is 5.01. The van der Waals surface area contributed by atoms with Gasteiger partial charge in [0.05, 0.1) is 4.90 Å². The number of benzene rings is 1. The van der Waals surface area contributed by atoms with Crippen LogP contribution in [0.1, 0.15) is 32.1 Å². The van der Waals surface area contributed by atoms with Crippen molar-refractivity contribution in [3.63, 3.8) is 0 Å². The lowest BCUT2D eigenvalue weighted by atomic mass is 9.86. The molecule has 2 aliphatic carbocycles. The summed E-state index contributed by atoms with van der Waals surface area (Å²) in [6.45, 7) is 1.63. The summed E-state index contributed by atoms with van der Waals surface area (Å²) in [6, 6.07) is 6.34. The Bertz CT molecular complexity index is 790. The van der Waals surface area contributed by atoms with Crippen LogP contribution in [0.2, 0.25) is 5.02 Å². The molecule has 0 radical (unpaired) electrons. The zero-order valence-electron chi connectivity index (χ0n) is 14.8. The van der Waals surface area contributed by atoms with Crippen LogP contribution >= 0.6 is 11.6 Å². The third-order valence-corrected chi connectivity index (χ3v) is 8.48. The summed E-state index contributed by atoms with van der Waals surface area (Å²) in [6.07, 6.45) is 5.79. The molecule has 2 saturated carbocycles. The molecule has 5 nitrogen and oxygen atoms in total. The Balaban J connectivity index is 1.34. The van der Waals surface area contributed by atoms with Crippen LogP contribution in [0.25, 0.3) is 0 Å². The lowest BCUT2D eigenvalue weighted by Crippen LogP contribution is -2.50. The first-order chi connectivity index (χ1) is 12.4. The zero-order valence-corrected chi connectivity index (χ0v) is 16.4. The molecular weight excluding hydrogens is 372 g/mol. The summed E-state index contributed by atoms with van der Waals surface area (Å²) in [5, 5.41) is 0.408. The maximum Gasteiger partial charge on any atom is 0.243 e. The van der Waals surface area contributed by atoms with Gasteiger partial charge < -0.3 is 4.90 Å². The fourth-order valence-corrected chi connectivity index (χ4v) is 6.66. The number of halogens is 1. The molecule has 2 bridgehead atoms. The van der Waals surface area contributed by atoms with E-state index in [2.05, 4.69) is 0 Å². The van der Waals surface area contributed by atoms with E-state index in [1.807, 2.05) is 4.90 Å². The molecule has 3 atom stereocenters. The van der Waals surface area contributed by atoms with Gasteiger partial charge in [0, 0.05) is 37.6 Å². The van der Waals surface area contributed by atoms with Gasteiger partial charge >= 0.3 is 0 Å². The molecule has 26 heavy (non-hydrogen) atoms. The molecule has 0 aromatic heterocycles. The number of amides is 1. The van der Waals surface area contributed by atoms with E-state index < -0.39 is 10.0 Å². The number of carbonyl (C=O) groups is 1. The van der Waals surface area contributed by atoms with Gasteiger partial charge in [0.15, 0.2) is 0 Å². The van der Waals surface area contributed by atoms with Gasteiger partial charge in [0.1, 0.15) is 0 Å². The molecule has 142 valence electrons. The highest BCUT2D eigenvalue weighted by Gasteiger charge is 2.41. The van der Waals surface area contributed by atoms with Gasteiger partial charge in [-0.15, -0.1) is 0 Å². The van der Waals surface area contributed by atoms with Crippen LogP contribution in [-0.4, -0.2) is 49.7 Å². The van der Waals surface area contributed by atoms with Crippen molar-refractivity contribution < 1.29 is 13.2 Å². The molecule has 1 amide bonds. The lowest BCUT2D eigenvalue weighted by Gasteiger charge is -2.35. The van der Waals surface area contributed by atoms with Gasteiger partial charge in [-0.3, -0.25) is 4.79 Å². The topological polar surface area (TPSA) is 57.7 Å². The molecule has 4 rings (SSSR count). The molecule has 1 aromatic carbocycles. The fraction of sp³-hybridized carbons (Fsp3) is 0.632. The summed E-state index contributed by atoms with van der Waals surface area (Å²) >= 11 is 5.93. The van der Waals surface area contributed by atoms with E-state index in [0.29, 0.717) is 43.5 Å². The quantitative estimate of drug-likeness (QED) is 0.786. The third kappa shape index (κ3) is 3.51. The van der Waals surface area contributed by atoms with Crippen molar-refractivity contribution in [1.29, 1.82) is 0 Å². The van der Waals surface area contributed by atoms with Gasteiger partial charge in [-0.2, -0.15) is 4.31 Å². The monoisotopic (exact) mass is 396 g/mol. The minimum absolute atomic E-state index is 0.197. The standard InChI is InChI=1S/C19H25ClN2O3S/c20-17-2-1-3-18(13-17)26(24,25)22-8-6-21(7-9-22)19(23)12-16-11-14-4-5-15(16)10-14/h1-3,13-16H,4-12H2/t14-,15-,16-/m1/s1. The van der Waals surface area contributed by atoms with Crippen LogP contribution in [0.5, 0.6) is 0 Å². The summed E-state index contributed by atoms with van der Waals surface area (Å²) in [4.78, 5) is 14.7. The smallest absolute Gasteiger partial charge is 0.243 e. The highest BCUT2D eigenvalue weighted by atomic mass is 35.5. The molecular formula is C19H25ClN2O3S. The molecule has 0 spiro atoms. The van der Waals surface area contributed by atoms with Crippen molar-refractivity contribution in [2.24, 2.45) is 17.8 Å². The van der Waals surface area contributed by atoms with Crippen molar-refractivity contribution in [2.45, 2.75) is 37.0 Å². The number of hydrogen-bond donors (Lipinski definition) is 0. The second-order valence-electron chi connectivity index (χ2n) is 7.88. The Morgan fingerprint density at radius 2 is 1.88 bits per heavy atom. The van der Waals surface area contributed by atoms with Crippen molar-refractivity contribution in [3.8, 4) is 0 Å². The van der Waals surface area contributed by atoms with Gasteiger partial charge in [0.2, 0.25) is 15.9 Å². The molecule has 3 fully saturated rings. The number of rotatable bonds is 4. The normalized spacial score (nSPS) is 29.3. The van der Waals surface area contributed by atoms with Crippen LogP contribution in [0.4, 0.5) is 0 Å². The van der Waals surface area contributed by atoms with E-state index >= 15 is 0 Å². The maximum absolute atomic E-state index is 12.7. The minimum atomic E-state index is -3.55. The van der Waals surface area contributed by atoms with Crippen LogP contribution in [0.15, 0.2) is 29.2 Å². The number of carbonyl (C=O) groups excluding carboxylic acids is 1. The van der Waals surface area contributed by atoms with Crippen LogP contribution in [0, 0.1) is 17.8 Å². The summed E-state index contributed by atoms with van der Waals surface area (Å²) in [7, 11) is -3.55. The molecule has 1 saturated heterocycles. The Labute approximate surface area is 160 Å². The largest absolute Gasteiger partial charge is 0.340 e. The van der Waals surface area contributed by atoms with Gasteiger partial charge in [-0.05, 0) is 55.2 Å². The molecule has 1 aliphatic heterocycles. The first-order valence-corrected chi connectivity index (χ1v) is 11.3. The van der Waals surface area contributed by atoms with E-state index in [4.69, 9.17) is 11.6 Å². The number of nitrogens with zero attached hydrogens (tertiary/aromatic N) is 2. The SMILES string of the molecule is O=C(C[C@H]1C[C@@H]2CC[C@@H]1C2)N1CCN(S(=O)(=O)c2cccc(Cl)c2)CC1. The number of hydrogen-bond acceptors (Lipinski definition) is 3. The Morgan fingerprint density at radius 1 is 1.12 bits per heavy atom. The average Bonchev–Trinajstić information content (AvgIpc) is 3.25. The molecule has 7 heteroatoms. The second kappa shape index (κ2) is 7.13. The second-order valence-corrected chi connectivity index (χ2v) is 10.3. The van der Waals surface area contributed by atoms with Crippen molar-refractivity contribution in [3.05, 3.63) is 29.3 Å². The van der Waals surface area contributed by atoms with E-state index in [9.17, 15) is 13.2 Å². The zero-order chi connectivity index (χ0) is 18.3. The van der Waals surface area contributed by atoms with Crippen LogP contribution in [0.3, 0.4) is 0 Å². The van der Waals surface area contributed by atoms with Gasteiger partial charge in [-0.25, -0.2) is 8.42 Å². The van der Waals surface area contributed by atoms with Gasteiger partial charge in [0.25, 0.3) is 0 Å².